The molecule has 0 bridgehead atoms. The van der Waals surface area contributed by atoms with Gasteiger partial charge in [0.25, 0.3) is 20.2 Å². The summed E-state index contributed by atoms with van der Waals surface area (Å²) in [4.78, 5) is -1.90. The van der Waals surface area contributed by atoms with Crippen LogP contribution in [0.25, 0.3) is 10.8 Å². The SMILES string of the molecule is O=S(=O)(O)OCCS(=O)(=O)c1ccc(S(=O)(=O)O)c(N=Nc2c(O)ccc3cc(S(=O)(=O)O)ccc23)c1. The van der Waals surface area contributed by atoms with Crippen LogP contribution in [0.5, 0.6) is 5.75 Å². The molecule has 0 aromatic heterocycles. The van der Waals surface area contributed by atoms with Gasteiger partial charge in [-0.1, -0.05) is 12.1 Å². The number of azo groups is 1. The Hall–Kier alpha value is -3.04. The molecule has 0 spiro atoms. The molecule has 0 amide bonds. The van der Waals surface area contributed by atoms with Crippen molar-refractivity contribution in [3.8, 4) is 5.75 Å². The van der Waals surface area contributed by atoms with Crippen LogP contribution in [-0.4, -0.2) is 64.8 Å². The summed E-state index contributed by atoms with van der Waals surface area (Å²) in [5.74, 6) is -1.44. The maximum atomic E-state index is 12.5. The smallest absolute Gasteiger partial charge is 0.397 e. The highest BCUT2D eigenvalue weighted by atomic mass is 32.3. The molecule has 3 rings (SSSR count). The van der Waals surface area contributed by atoms with Crippen molar-refractivity contribution in [1.82, 2.24) is 0 Å². The number of fused-ring (bicyclic) bond motifs is 1. The van der Waals surface area contributed by atoms with Crippen LogP contribution in [0, 0.1) is 0 Å². The van der Waals surface area contributed by atoms with E-state index in [4.69, 9.17) is 4.55 Å². The lowest BCUT2D eigenvalue weighted by molar-refractivity contribution is 0.284. The van der Waals surface area contributed by atoms with Crippen molar-refractivity contribution in [2.45, 2.75) is 14.7 Å². The molecule has 0 unspecified atom stereocenters. The number of nitrogens with zero attached hydrogens (tertiary/aromatic N) is 2. The van der Waals surface area contributed by atoms with Gasteiger partial charge in [0.05, 0.1) is 22.2 Å². The van der Waals surface area contributed by atoms with Gasteiger partial charge in [0, 0.05) is 5.39 Å². The number of phenols is 1. The molecule has 4 N–H and O–H groups in total. The number of hydrogen-bond donors (Lipinski definition) is 4. The molecule has 0 atom stereocenters. The number of aromatic hydroxyl groups is 1. The summed E-state index contributed by atoms with van der Waals surface area (Å²) in [6.07, 6.45) is 0. The van der Waals surface area contributed by atoms with E-state index in [0.717, 1.165) is 24.3 Å². The summed E-state index contributed by atoms with van der Waals surface area (Å²) >= 11 is 0. The molecule has 0 aliphatic heterocycles. The Kier molecular flexibility index (Phi) is 7.73. The topological polar surface area (TPSA) is 251 Å². The summed E-state index contributed by atoms with van der Waals surface area (Å²) in [5.41, 5.74) is -0.985. The van der Waals surface area contributed by atoms with Crippen molar-refractivity contribution < 1.29 is 56.6 Å². The zero-order valence-electron chi connectivity index (χ0n) is 18.0. The van der Waals surface area contributed by atoms with Gasteiger partial charge < -0.3 is 5.11 Å². The Labute approximate surface area is 210 Å². The average Bonchev–Trinajstić information content (AvgIpc) is 2.75. The first kappa shape index (κ1) is 28.5. The molecule has 37 heavy (non-hydrogen) atoms. The van der Waals surface area contributed by atoms with Crippen LogP contribution in [0.2, 0.25) is 0 Å². The van der Waals surface area contributed by atoms with Gasteiger partial charge in [-0.25, -0.2) is 12.6 Å². The summed E-state index contributed by atoms with van der Waals surface area (Å²) < 4.78 is 124. The Morgan fingerprint density at radius 3 is 1.97 bits per heavy atom. The zero-order chi connectivity index (χ0) is 27.8. The van der Waals surface area contributed by atoms with E-state index in [9.17, 15) is 47.9 Å². The van der Waals surface area contributed by atoms with E-state index in [1.807, 2.05) is 0 Å². The van der Waals surface area contributed by atoms with E-state index in [-0.39, 0.29) is 16.5 Å². The Morgan fingerprint density at radius 1 is 0.730 bits per heavy atom. The molecule has 15 nitrogen and oxygen atoms in total. The van der Waals surface area contributed by atoms with E-state index in [2.05, 4.69) is 14.4 Å². The first-order valence-corrected chi connectivity index (χ1v) is 15.4. The van der Waals surface area contributed by atoms with Crippen LogP contribution >= 0.6 is 0 Å². The second-order valence-electron chi connectivity index (χ2n) is 7.16. The second-order valence-corrected chi connectivity index (χ2v) is 13.2. The number of rotatable bonds is 9. The molecule has 200 valence electrons. The average molecular weight is 597 g/mol. The third-order valence-electron chi connectivity index (χ3n) is 4.65. The quantitative estimate of drug-likeness (QED) is 0.204. The van der Waals surface area contributed by atoms with Crippen molar-refractivity contribution in [2.75, 3.05) is 12.4 Å². The molecule has 0 radical (unpaired) electrons. The summed E-state index contributed by atoms with van der Waals surface area (Å²) in [7, 11) is -18.7. The third-order valence-corrected chi connectivity index (χ3v) is 8.54. The molecule has 0 heterocycles. The van der Waals surface area contributed by atoms with Gasteiger partial charge in [0.2, 0.25) is 0 Å². The number of sulfone groups is 1. The predicted molar refractivity (Wildman–Crippen MR) is 125 cm³/mol. The van der Waals surface area contributed by atoms with Crippen molar-refractivity contribution in [1.29, 1.82) is 0 Å². The monoisotopic (exact) mass is 596 g/mol. The maximum absolute atomic E-state index is 12.5. The van der Waals surface area contributed by atoms with Gasteiger partial charge in [0.1, 0.15) is 22.0 Å². The van der Waals surface area contributed by atoms with Crippen LogP contribution < -0.4 is 0 Å². The predicted octanol–water partition coefficient (Wildman–Crippen LogP) is 2.05. The molecule has 0 saturated heterocycles. The minimum Gasteiger partial charge on any atom is -0.506 e. The van der Waals surface area contributed by atoms with Crippen molar-refractivity contribution >= 4 is 62.6 Å². The maximum Gasteiger partial charge on any atom is 0.397 e. The van der Waals surface area contributed by atoms with Gasteiger partial charge in [0.15, 0.2) is 9.84 Å². The van der Waals surface area contributed by atoms with Gasteiger partial charge in [-0.3, -0.25) is 13.7 Å². The molecule has 3 aromatic carbocycles. The van der Waals surface area contributed by atoms with Crippen LogP contribution in [0.3, 0.4) is 0 Å². The van der Waals surface area contributed by atoms with Gasteiger partial charge in [-0.05, 0) is 41.8 Å². The van der Waals surface area contributed by atoms with E-state index < -0.39 is 79.0 Å². The minimum absolute atomic E-state index is 0.107. The Morgan fingerprint density at radius 2 is 1.38 bits per heavy atom. The first-order chi connectivity index (χ1) is 16.9. The number of hydrogen-bond acceptors (Lipinski definition) is 12. The molecule has 3 aromatic rings. The fraction of sp³-hybridized carbons (Fsp3) is 0.111. The van der Waals surface area contributed by atoms with Crippen LogP contribution in [0.1, 0.15) is 0 Å². The fourth-order valence-electron chi connectivity index (χ4n) is 3.00. The molecule has 0 saturated carbocycles. The van der Waals surface area contributed by atoms with Gasteiger partial charge in [-0.2, -0.15) is 25.3 Å². The van der Waals surface area contributed by atoms with Crippen molar-refractivity contribution in [2.24, 2.45) is 10.2 Å². The highest BCUT2D eigenvalue weighted by Crippen LogP contribution is 2.38. The van der Waals surface area contributed by atoms with E-state index in [1.165, 1.54) is 12.1 Å². The lowest BCUT2D eigenvalue weighted by Gasteiger charge is -2.08. The van der Waals surface area contributed by atoms with Crippen LogP contribution in [0.4, 0.5) is 11.4 Å². The standard InChI is InChI=1S/C18H16N2O13S4/c21-16-5-1-11-9-13(35(24,25)26)2-4-14(11)18(16)20-19-15-10-12(3-6-17(15)36(27,28)29)34(22,23)8-7-33-37(30,31)32/h1-6,9-10,21H,7-8H2,(H,24,25,26)(H,27,28,29)(H,30,31,32). The number of benzene rings is 3. The largest absolute Gasteiger partial charge is 0.506 e. The highest BCUT2D eigenvalue weighted by Gasteiger charge is 2.22. The lowest BCUT2D eigenvalue weighted by atomic mass is 10.1. The Balaban J connectivity index is 2.11. The molecule has 19 heteroatoms. The molecule has 0 fully saturated rings. The van der Waals surface area contributed by atoms with E-state index >= 15 is 0 Å². The van der Waals surface area contributed by atoms with Crippen LogP contribution in [-0.2, 0) is 44.7 Å². The normalized spacial score (nSPS) is 13.4. The fourth-order valence-corrected chi connectivity index (χ4v) is 5.63. The van der Waals surface area contributed by atoms with E-state index in [1.54, 1.807) is 0 Å². The van der Waals surface area contributed by atoms with E-state index in [0.29, 0.717) is 12.1 Å². The zero-order valence-corrected chi connectivity index (χ0v) is 21.3. The third kappa shape index (κ3) is 7.05. The second kappa shape index (κ2) is 10.0. The summed E-state index contributed by atoms with van der Waals surface area (Å²) in [6.45, 7) is -0.965. The first-order valence-electron chi connectivity index (χ1n) is 9.50. The van der Waals surface area contributed by atoms with Gasteiger partial charge >= 0.3 is 10.4 Å². The molecule has 0 aliphatic carbocycles. The lowest BCUT2D eigenvalue weighted by Crippen LogP contribution is -2.15. The summed E-state index contributed by atoms with van der Waals surface area (Å²) in [5, 5.41) is 17.9. The van der Waals surface area contributed by atoms with Crippen molar-refractivity contribution in [3.63, 3.8) is 0 Å². The van der Waals surface area contributed by atoms with Crippen molar-refractivity contribution in [3.05, 3.63) is 48.5 Å². The van der Waals surface area contributed by atoms with Gasteiger partial charge in [-0.15, -0.1) is 10.2 Å². The van der Waals surface area contributed by atoms with Crippen LogP contribution in [0.15, 0.2) is 73.4 Å². The Bertz CT molecular complexity index is 1850. The minimum atomic E-state index is -4.95. The molecular formula is C18H16N2O13S4. The number of phenolic OH excluding ortho intramolecular Hbond substituents is 1. The summed E-state index contributed by atoms with van der Waals surface area (Å²) in [6, 6.07) is 7.82. The highest BCUT2D eigenvalue weighted by molar-refractivity contribution is 7.91. The molecule has 0 aliphatic rings. The molecular weight excluding hydrogens is 580 g/mol.